The molecule has 0 aliphatic heterocycles. The molecule has 0 aliphatic rings. The number of hydrogen-bond donors (Lipinski definition) is 0. The summed E-state index contributed by atoms with van der Waals surface area (Å²) in [5.41, 5.74) is 4.06. The molecule has 0 spiro atoms. The van der Waals surface area contributed by atoms with Crippen molar-refractivity contribution < 1.29 is 9.47 Å². The van der Waals surface area contributed by atoms with Gasteiger partial charge in [-0.1, -0.05) is 54.1 Å². The van der Waals surface area contributed by atoms with Crippen molar-refractivity contribution >= 4 is 57.8 Å². The van der Waals surface area contributed by atoms with Crippen molar-refractivity contribution in [1.29, 1.82) is 0 Å². The smallest absolute Gasteiger partial charge is 0.216 e. The molecule has 12 nitrogen and oxygen atoms in total. The predicted octanol–water partition coefficient (Wildman–Crippen LogP) is 6.62. The lowest BCUT2D eigenvalue weighted by Gasteiger charge is -2.02. The fourth-order valence-corrected chi connectivity index (χ4v) is 7.37. The highest BCUT2D eigenvalue weighted by molar-refractivity contribution is 8.01. The lowest BCUT2D eigenvalue weighted by molar-refractivity contribution is 0.187. The Morgan fingerprint density at radius 3 is 1.67 bits per heavy atom. The number of halogens is 1. The van der Waals surface area contributed by atoms with Crippen LogP contribution < -0.4 is 0 Å². The van der Waals surface area contributed by atoms with Gasteiger partial charge in [0, 0.05) is 67.4 Å². The zero-order chi connectivity index (χ0) is 31.3. The number of ether oxygens (including phenoxy) is 2. The summed E-state index contributed by atoms with van der Waals surface area (Å²) in [6.07, 6.45) is 1.74. The molecule has 4 aromatic heterocycles. The Morgan fingerprint density at radius 1 is 0.689 bits per heavy atom. The summed E-state index contributed by atoms with van der Waals surface area (Å²) in [5, 5.41) is 29.9. The van der Waals surface area contributed by atoms with E-state index in [1.165, 1.54) is 23.5 Å². The number of aromatic nitrogens is 10. The second-order valence-corrected chi connectivity index (χ2v) is 13.7. The lowest BCUT2D eigenvalue weighted by atomic mass is 10.2. The zero-order valence-corrected chi connectivity index (χ0v) is 28.4. The molecule has 45 heavy (non-hydrogen) atoms. The fraction of sp³-hybridized carbons (Fsp3) is 0.286. The van der Waals surface area contributed by atoms with Crippen LogP contribution in [0.3, 0.4) is 0 Å². The maximum atomic E-state index is 5.91. The average Bonchev–Trinajstić information content (AvgIpc) is 3.89. The standard InChI is InChI=1S/C14H14ClN5OS2.C14H15N5OS2/c1-21-8-2-7-20-13(17-18-19-20)23-14-16-12(9-22-14)10-3-5-11(15)6-4-10;1-20-9-5-8-19-13(16-17-18-19)22-14-15-12(10-21-14)11-6-3-2-4-7-11/h3-6,9H,2,7-8H2,1H3;2-4,6-7,10H,5,8-9H2,1H3. The summed E-state index contributed by atoms with van der Waals surface area (Å²) in [6, 6.07) is 17.8. The number of aryl methyl sites for hydroxylation is 2. The molecule has 0 atom stereocenters. The van der Waals surface area contributed by atoms with Gasteiger partial charge < -0.3 is 9.47 Å². The lowest BCUT2D eigenvalue weighted by Crippen LogP contribution is -2.04. The number of tetrazole rings is 2. The van der Waals surface area contributed by atoms with E-state index in [9.17, 15) is 0 Å². The van der Waals surface area contributed by atoms with Gasteiger partial charge >= 0.3 is 0 Å². The van der Waals surface area contributed by atoms with Crippen LogP contribution in [0.2, 0.25) is 5.02 Å². The van der Waals surface area contributed by atoms with Crippen LogP contribution in [0.5, 0.6) is 0 Å². The second-order valence-electron chi connectivity index (χ2n) is 9.14. The van der Waals surface area contributed by atoms with Crippen molar-refractivity contribution in [2.75, 3.05) is 27.4 Å². The molecule has 0 N–H and O–H groups in total. The zero-order valence-electron chi connectivity index (χ0n) is 24.4. The van der Waals surface area contributed by atoms with Gasteiger partial charge in [0.1, 0.15) is 0 Å². The van der Waals surface area contributed by atoms with Crippen molar-refractivity contribution in [2.45, 2.75) is 44.9 Å². The third-order valence-corrected chi connectivity index (χ3v) is 10.0. The summed E-state index contributed by atoms with van der Waals surface area (Å²) in [5.74, 6) is 0. The number of hydrogen-bond acceptors (Lipinski definition) is 14. The molecule has 0 aliphatic carbocycles. The highest BCUT2D eigenvalue weighted by atomic mass is 35.5. The summed E-state index contributed by atoms with van der Waals surface area (Å²) in [4.78, 5) is 9.27. The van der Waals surface area contributed by atoms with Gasteiger partial charge in [-0.05, 0) is 69.4 Å². The molecule has 0 saturated carbocycles. The number of methoxy groups -OCH3 is 2. The van der Waals surface area contributed by atoms with Crippen LogP contribution in [0, 0.1) is 0 Å². The van der Waals surface area contributed by atoms with E-state index >= 15 is 0 Å². The molecule has 2 aromatic carbocycles. The minimum atomic E-state index is 0.682. The first-order valence-corrected chi connectivity index (χ1v) is 17.5. The molecule has 4 heterocycles. The highest BCUT2D eigenvalue weighted by Crippen LogP contribution is 2.33. The van der Waals surface area contributed by atoms with Crippen LogP contribution in [-0.2, 0) is 22.6 Å². The van der Waals surface area contributed by atoms with Crippen molar-refractivity contribution in [2.24, 2.45) is 0 Å². The van der Waals surface area contributed by atoms with Crippen LogP contribution in [0.25, 0.3) is 22.5 Å². The number of rotatable bonds is 14. The van der Waals surface area contributed by atoms with Crippen LogP contribution >= 0.6 is 57.8 Å². The fourth-order valence-electron chi connectivity index (χ4n) is 3.80. The van der Waals surface area contributed by atoms with E-state index in [0.29, 0.717) is 18.2 Å². The van der Waals surface area contributed by atoms with Crippen molar-refractivity contribution in [3.63, 3.8) is 0 Å². The van der Waals surface area contributed by atoms with Gasteiger partial charge in [0.05, 0.1) is 11.4 Å². The minimum Gasteiger partial charge on any atom is -0.385 e. The van der Waals surface area contributed by atoms with Crippen LogP contribution in [0.4, 0.5) is 0 Å². The third kappa shape index (κ3) is 9.87. The Kier molecular flexibility index (Phi) is 12.8. The molecule has 0 unspecified atom stereocenters. The number of nitrogens with zero attached hydrogens (tertiary/aromatic N) is 10. The van der Waals surface area contributed by atoms with E-state index in [0.717, 1.165) is 67.4 Å². The Bertz CT molecular complexity index is 1730. The minimum absolute atomic E-state index is 0.682. The second kappa shape index (κ2) is 17.4. The van der Waals surface area contributed by atoms with E-state index in [-0.39, 0.29) is 0 Å². The van der Waals surface area contributed by atoms with Crippen LogP contribution in [0.1, 0.15) is 12.8 Å². The van der Waals surface area contributed by atoms with Gasteiger partial charge in [-0.2, -0.15) is 0 Å². The van der Waals surface area contributed by atoms with Gasteiger partial charge in [0.2, 0.25) is 10.3 Å². The number of benzene rings is 2. The molecule has 0 saturated heterocycles. The van der Waals surface area contributed by atoms with Gasteiger partial charge in [0.15, 0.2) is 8.68 Å². The third-order valence-electron chi connectivity index (χ3n) is 5.97. The van der Waals surface area contributed by atoms with Gasteiger partial charge in [-0.3, -0.25) is 0 Å². The Balaban J connectivity index is 0.000000178. The van der Waals surface area contributed by atoms with Crippen molar-refractivity contribution in [3.8, 4) is 22.5 Å². The Hall–Kier alpha value is -3.25. The van der Waals surface area contributed by atoms with E-state index in [1.54, 1.807) is 46.3 Å². The Labute approximate surface area is 281 Å². The normalized spacial score (nSPS) is 11.0. The predicted molar refractivity (Wildman–Crippen MR) is 177 cm³/mol. The van der Waals surface area contributed by atoms with E-state index < -0.39 is 0 Å². The summed E-state index contributed by atoms with van der Waals surface area (Å²) >= 11 is 12.0. The van der Waals surface area contributed by atoms with Gasteiger partial charge in [-0.25, -0.2) is 19.3 Å². The van der Waals surface area contributed by atoms with Crippen LogP contribution in [-0.4, -0.2) is 77.8 Å². The molecule has 17 heteroatoms. The van der Waals surface area contributed by atoms with Gasteiger partial charge in [0.25, 0.3) is 0 Å². The summed E-state index contributed by atoms with van der Waals surface area (Å²) in [7, 11) is 3.37. The average molecular weight is 701 g/mol. The molecular weight excluding hydrogens is 672 g/mol. The SMILES string of the molecule is COCCCn1nnnc1Sc1nc(-c2ccc(Cl)cc2)cs1.COCCCn1nnnc1Sc1nc(-c2ccccc2)cs1. The first-order valence-electron chi connectivity index (χ1n) is 13.7. The first-order chi connectivity index (χ1) is 22.1. The van der Waals surface area contributed by atoms with E-state index in [2.05, 4.69) is 58.5 Å². The first kappa shape index (κ1) is 33.1. The molecule has 6 aromatic rings. The summed E-state index contributed by atoms with van der Waals surface area (Å²) < 4.78 is 15.5. The van der Waals surface area contributed by atoms with Crippen molar-refractivity contribution in [1.82, 2.24) is 50.4 Å². The molecule has 6 rings (SSSR count). The Morgan fingerprint density at radius 2 is 1.18 bits per heavy atom. The molecule has 0 bridgehead atoms. The van der Waals surface area contributed by atoms with E-state index in [1.807, 2.05) is 47.8 Å². The largest absolute Gasteiger partial charge is 0.385 e. The monoisotopic (exact) mass is 700 g/mol. The quantitative estimate of drug-likeness (QED) is 0.113. The van der Waals surface area contributed by atoms with Gasteiger partial charge in [-0.15, -0.1) is 32.9 Å². The van der Waals surface area contributed by atoms with Crippen molar-refractivity contribution in [3.05, 3.63) is 70.4 Å². The molecule has 0 fully saturated rings. The molecule has 0 radical (unpaired) electrons. The highest BCUT2D eigenvalue weighted by Gasteiger charge is 2.13. The molecular formula is C28H29ClN10O2S4. The molecule has 234 valence electrons. The van der Waals surface area contributed by atoms with Crippen LogP contribution in [0.15, 0.2) is 84.3 Å². The maximum absolute atomic E-state index is 5.91. The summed E-state index contributed by atoms with van der Waals surface area (Å²) in [6.45, 7) is 2.83. The topological polar surface area (TPSA) is 131 Å². The maximum Gasteiger partial charge on any atom is 0.216 e. The molecule has 0 amide bonds. The number of thiazole rings is 2. The van der Waals surface area contributed by atoms with E-state index in [4.69, 9.17) is 21.1 Å².